The number of hydrogen-bond donors (Lipinski definition) is 4. The van der Waals surface area contributed by atoms with Gasteiger partial charge in [-0.15, -0.1) is 0 Å². The van der Waals surface area contributed by atoms with Crippen LogP contribution >= 0.6 is 0 Å². The van der Waals surface area contributed by atoms with Crippen LogP contribution in [0.25, 0.3) is 11.3 Å². The molecular formula is C32H39N7O6S. The number of nitrogens with two attached hydrogens (primary N) is 1. The Morgan fingerprint density at radius 1 is 0.870 bits per heavy atom. The molecule has 1 heterocycles. The first-order valence-electron chi connectivity index (χ1n) is 14.6. The van der Waals surface area contributed by atoms with Gasteiger partial charge in [-0.1, -0.05) is 26.0 Å². The monoisotopic (exact) mass is 649 g/mol. The highest BCUT2D eigenvalue weighted by molar-refractivity contribution is 7.90. The van der Waals surface area contributed by atoms with Gasteiger partial charge in [0.05, 0.1) is 50.7 Å². The van der Waals surface area contributed by atoms with Crippen LogP contribution in [0, 0.1) is 0 Å². The Kier molecular flexibility index (Phi) is 11.2. The number of carbonyl (C=O) groups excluding carboxylic acids is 1. The van der Waals surface area contributed by atoms with Gasteiger partial charge in [0.15, 0.2) is 11.5 Å². The molecule has 4 rings (SSSR count). The molecule has 0 unspecified atom stereocenters. The zero-order chi connectivity index (χ0) is 33.3. The third-order valence-electron chi connectivity index (χ3n) is 6.86. The third kappa shape index (κ3) is 8.55. The molecule has 14 heteroatoms. The second-order valence-electron chi connectivity index (χ2n) is 10.2. The van der Waals surface area contributed by atoms with Crippen molar-refractivity contribution >= 4 is 44.7 Å². The summed E-state index contributed by atoms with van der Waals surface area (Å²) in [5.74, 6) is 1.44. The fourth-order valence-electron chi connectivity index (χ4n) is 4.86. The van der Waals surface area contributed by atoms with E-state index in [9.17, 15) is 13.2 Å². The zero-order valence-electron chi connectivity index (χ0n) is 26.5. The Hall–Kier alpha value is -5.08. The minimum Gasteiger partial charge on any atom is -0.493 e. The number of carbonyl (C=O) groups is 1. The highest BCUT2D eigenvalue weighted by atomic mass is 32.2. The molecule has 0 bridgehead atoms. The summed E-state index contributed by atoms with van der Waals surface area (Å²) in [6, 6.07) is 15.6. The largest absolute Gasteiger partial charge is 0.493 e. The van der Waals surface area contributed by atoms with Gasteiger partial charge in [-0.05, 0) is 43.2 Å². The van der Waals surface area contributed by atoms with Crippen LogP contribution in [-0.2, 0) is 10.2 Å². The van der Waals surface area contributed by atoms with Gasteiger partial charge in [-0.3, -0.25) is 14.5 Å². The molecule has 0 spiro atoms. The summed E-state index contributed by atoms with van der Waals surface area (Å²) in [6.07, 6.45) is 5.04. The number of benzene rings is 3. The van der Waals surface area contributed by atoms with Crippen molar-refractivity contribution in [2.75, 3.05) is 54.7 Å². The molecular weight excluding hydrogens is 610 g/mol. The number of rotatable bonds is 15. The fourth-order valence-corrected chi connectivity index (χ4v) is 5.34. The molecule has 1 amide bonds. The Labute approximate surface area is 269 Å². The summed E-state index contributed by atoms with van der Waals surface area (Å²) in [5, 5.41) is 11.3. The normalized spacial score (nSPS) is 11.0. The van der Waals surface area contributed by atoms with Crippen LogP contribution in [0.3, 0.4) is 0 Å². The number of nitrogens with one attached hydrogen (secondary N) is 3. The number of amides is 1. The van der Waals surface area contributed by atoms with Crippen LogP contribution in [0.1, 0.15) is 37.0 Å². The first kappa shape index (κ1) is 33.8. The van der Waals surface area contributed by atoms with E-state index in [0.717, 1.165) is 37.2 Å². The molecule has 0 aliphatic heterocycles. The van der Waals surface area contributed by atoms with Crippen molar-refractivity contribution in [1.29, 1.82) is 0 Å². The molecule has 13 nitrogen and oxygen atoms in total. The van der Waals surface area contributed by atoms with E-state index >= 15 is 0 Å². The number of ether oxygens (including phenoxy) is 3. The molecule has 0 saturated heterocycles. The van der Waals surface area contributed by atoms with E-state index in [1.165, 1.54) is 7.11 Å². The molecule has 1 aromatic heterocycles. The van der Waals surface area contributed by atoms with Gasteiger partial charge in [0.25, 0.3) is 16.1 Å². The number of nitrogens with zero attached hydrogens (tertiary/aromatic N) is 3. The van der Waals surface area contributed by atoms with Gasteiger partial charge in [0.1, 0.15) is 5.82 Å². The van der Waals surface area contributed by atoms with Gasteiger partial charge in [-0.25, -0.2) is 10.1 Å². The summed E-state index contributed by atoms with van der Waals surface area (Å²) in [5.41, 5.74) is 3.52. The average molecular weight is 650 g/mol. The third-order valence-corrected chi connectivity index (χ3v) is 7.37. The van der Waals surface area contributed by atoms with Crippen LogP contribution in [-0.4, -0.2) is 58.7 Å². The summed E-state index contributed by atoms with van der Waals surface area (Å²) < 4.78 is 42.4. The molecule has 0 radical (unpaired) electrons. The van der Waals surface area contributed by atoms with E-state index in [-0.39, 0.29) is 11.3 Å². The van der Waals surface area contributed by atoms with Crippen LogP contribution in [0.2, 0.25) is 0 Å². The Bertz CT molecular complexity index is 1740. The Balaban J connectivity index is 1.53. The van der Waals surface area contributed by atoms with Crippen LogP contribution in [0.5, 0.6) is 17.2 Å². The van der Waals surface area contributed by atoms with Crippen molar-refractivity contribution < 1.29 is 27.4 Å². The second-order valence-corrected chi connectivity index (χ2v) is 11.5. The summed E-state index contributed by atoms with van der Waals surface area (Å²) in [4.78, 5) is 24.4. The van der Waals surface area contributed by atoms with Gasteiger partial charge < -0.3 is 29.7 Å². The van der Waals surface area contributed by atoms with Crippen LogP contribution in [0.15, 0.2) is 67.0 Å². The van der Waals surface area contributed by atoms with E-state index in [1.54, 1.807) is 81.2 Å². The molecule has 0 fully saturated rings. The highest BCUT2D eigenvalue weighted by Crippen LogP contribution is 2.40. The van der Waals surface area contributed by atoms with E-state index in [2.05, 4.69) is 44.1 Å². The molecule has 0 aliphatic rings. The van der Waals surface area contributed by atoms with Crippen molar-refractivity contribution in [3.05, 3.63) is 72.6 Å². The maximum Gasteiger partial charge on any atom is 0.296 e. The summed E-state index contributed by atoms with van der Waals surface area (Å²) >= 11 is 0. The molecule has 0 aliphatic carbocycles. The van der Waals surface area contributed by atoms with Gasteiger partial charge >= 0.3 is 0 Å². The van der Waals surface area contributed by atoms with Gasteiger partial charge in [0, 0.05) is 47.8 Å². The van der Waals surface area contributed by atoms with Crippen molar-refractivity contribution in [2.24, 2.45) is 5.14 Å². The molecule has 244 valence electrons. The molecule has 3 aromatic carbocycles. The molecule has 0 atom stereocenters. The first-order valence-corrected chi connectivity index (χ1v) is 16.1. The lowest BCUT2D eigenvalue weighted by Gasteiger charge is -2.25. The lowest BCUT2D eigenvalue weighted by molar-refractivity contribution is 0.102. The fraction of sp³-hybridized carbons (Fsp3) is 0.281. The predicted octanol–water partition coefficient (Wildman–Crippen LogP) is 5.41. The van der Waals surface area contributed by atoms with E-state index in [0.29, 0.717) is 40.1 Å². The average Bonchev–Trinajstić information content (AvgIpc) is 3.03. The lowest BCUT2D eigenvalue weighted by Crippen LogP contribution is -2.27. The quantitative estimate of drug-likeness (QED) is 0.131. The van der Waals surface area contributed by atoms with E-state index < -0.39 is 16.1 Å². The number of methoxy groups -OCH3 is 3. The Morgan fingerprint density at radius 3 is 2.09 bits per heavy atom. The molecule has 0 saturated carbocycles. The van der Waals surface area contributed by atoms with Crippen LogP contribution in [0.4, 0.5) is 28.6 Å². The molecule has 46 heavy (non-hydrogen) atoms. The highest BCUT2D eigenvalue weighted by Gasteiger charge is 2.18. The van der Waals surface area contributed by atoms with Crippen molar-refractivity contribution in [1.82, 2.24) is 9.97 Å². The van der Waals surface area contributed by atoms with Crippen molar-refractivity contribution in [3.63, 3.8) is 0 Å². The van der Waals surface area contributed by atoms with Gasteiger partial charge in [-0.2, -0.15) is 8.42 Å². The maximum atomic E-state index is 13.3. The number of anilines is 5. The minimum absolute atomic E-state index is 0.0954. The van der Waals surface area contributed by atoms with E-state index in [1.807, 2.05) is 0 Å². The first-order chi connectivity index (χ1) is 22.1. The Morgan fingerprint density at radius 2 is 1.52 bits per heavy atom. The van der Waals surface area contributed by atoms with Crippen LogP contribution < -0.4 is 39.6 Å². The van der Waals surface area contributed by atoms with E-state index in [4.69, 9.17) is 19.3 Å². The second kappa shape index (κ2) is 15.3. The van der Waals surface area contributed by atoms with Crippen molar-refractivity contribution in [3.8, 4) is 28.5 Å². The van der Waals surface area contributed by atoms with Crippen molar-refractivity contribution in [2.45, 2.75) is 26.7 Å². The predicted molar refractivity (Wildman–Crippen MR) is 181 cm³/mol. The summed E-state index contributed by atoms with van der Waals surface area (Å²) in [7, 11) is 0.490. The summed E-state index contributed by atoms with van der Waals surface area (Å²) in [6.45, 7) is 5.71. The number of aromatic nitrogens is 2. The number of hydrogen-bond acceptors (Lipinski definition) is 10. The maximum absolute atomic E-state index is 13.3. The standard InChI is InChI=1S/C32H39N7O6S/c1-6-14-39(15-7-2)24-12-13-25(26(18-24)38-46(33,41)42)32(40)36-22-10-8-21(9-11-22)27-19-34-20-30(37-27)35-23-16-28(43-3)31(45-5)29(17-23)44-4/h8-13,16-20,38H,6-7,14-15H2,1-5H3,(H,35,37)(H,36,40)(H2,33,41,42). The zero-order valence-corrected chi connectivity index (χ0v) is 27.3. The minimum atomic E-state index is -4.13. The molecule has 4 aromatic rings. The smallest absolute Gasteiger partial charge is 0.296 e. The topological polar surface area (TPSA) is 170 Å². The molecule has 5 N–H and O–H groups in total. The SMILES string of the molecule is CCCN(CCC)c1ccc(C(=O)Nc2ccc(-c3cncc(Nc4cc(OC)c(OC)c(OC)c4)n3)cc2)c(NS(N)(=O)=O)c1. The van der Waals surface area contributed by atoms with Gasteiger partial charge in [0.2, 0.25) is 5.75 Å². The lowest BCUT2D eigenvalue weighted by atomic mass is 10.1.